The molecule has 1 aliphatic rings. The second-order valence-corrected chi connectivity index (χ2v) is 7.65. The molecule has 8 heteroatoms. The van der Waals surface area contributed by atoms with E-state index in [9.17, 15) is 4.79 Å². The second kappa shape index (κ2) is 12.1. The molecule has 3 N–H and O–H groups in total. The zero-order valence-corrected chi connectivity index (χ0v) is 20.7. The molecular formula is C22H35IN6O. The fraction of sp³-hybridized carbons (Fsp3) is 0.545. The lowest BCUT2D eigenvalue weighted by Gasteiger charge is -2.33. The fourth-order valence-electron chi connectivity index (χ4n) is 3.75. The van der Waals surface area contributed by atoms with E-state index in [1.165, 1.54) is 22.0 Å². The van der Waals surface area contributed by atoms with Crippen LogP contribution in [0.4, 0.5) is 0 Å². The lowest BCUT2D eigenvalue weighted by atomic mass is 10.1. The molecule has 1 aromatic carbocycles. The Morgan fingerprint density at radius 2 is 1.97 bits per heavy atom. The van der Waals surface area contributed by atoms with Crippen LogP contribution in [0.25, 0.3) is 10.9 Å². The van der Waals surface area contributed by atoms with Crippen molar-refractivity contribution < 1.29 is 4.79 Å². The van der Waals surface area contributed by atoms with Gasteiger partial charge >= 0.3 is 0 Å². The van der Waals surface area contributed by atoms with Gasteiger partial charge in [-0.1, -0.05) is 12.1 Å². The zero-order chi connectivity index (χ0) is 20.6. The van der Waals surface area contributed by atoms with Crippen LogP contribution in [-0.2, 0) is 11.2 Å². The molecule has 1 aliphatic heterocycles. The third-order valence-electron chi connectivity index (χ3n) is 5.46. The number of H-pyrrole nitrogens is 1. The molecule has 3 rings (SSSR count). The standard InChI is InChI=1S/C22H34N6O.HI/c1-4-23-22(25-9-10-27-11-13-28(14-12-27)18(3)29)24-8-7-19-16-26-21-15-17(2)5-6-20(19)21;/h5-6,15-16,26H,4,7-14H2,1-3H3,(H2,23,24,25);1H. The maximum Gasteiger partial charge on any atom is 0.219 e. The van der Waals surface area contributed by atoms with Gasteiger partial charge in [-0.2, -0.15) is 0 Å². The van der Waals surface area contributed by atoms with Crippen molar-refractivity contribution in [3.05, 3.63) is 35.5 Å². The van der Waals surface area contributed by atoms with Crippen LogP contribution in [-0.4, -0.2) is 79.0 Å². The summed E-state index contributed by atoms with van der Waals surface area (Å²) in [5.41, 5.74) is 3.80. The molecule has 0 spiro atoms. The molecule has 7 nitrogen and oxygen atoms in total. The summed E-state index contributed by atoms with van der Waals surface area (Å²) < 4.78 is 0. The average Bonchev–Trinajstić information content (AvgIpc) is 3.10. The topological polar surface area (TPSA) is 75.8 Å². The van der Waals surface area contributed by atoms with Crippen molar-refractivity contribution in [1.29, 1.82) is 0 Å². The largest absolute Gasteiger partial charge is 0.361 e. The molecule has 2 aromatic rings. The maximum atomic E-state index is 11.4. The highest BCUT2D eigenvalue weighted by Crippen LogP contribution is 2.19. The maximum absolute atomic E-state index is 11.4. The number of carbonyl (C=O) groups is 1. The van der Waals surface area contributed by atoms with Crippen LogP contribution < -0.4 is 10.6 Å². The summed E-state index contributed by atoms with van der Waals surface area (Å²) in [4.78, 5) is 23.8. The minimum Gasteiger partial charge on any atom is -0.361 e. The Bertz CT molecular complexity index is 841. The average molecular weight is 526 g/mol. The number of aliphatic imine (C=N–C) groups is 1. The molecule has 0 unspecified atom stereocenters. The number of hydrogen-bond donors (Lipinski definition) is 3. The number of aromatic amines is 1. The van der Waals surface area contributed by atoms with Gasteiger partial charge in [-0.05, 0) is 37.5 Å². The number of piperazine rings is 1. The van der Waals surface area contributed by atoms with E-state index in [0.717, 1.165) is 64.7 Å². The number of nitrogens with one attached hydrogen (secondary N) is 3. The number of hydrogen-bond acceptors (Lipinski definition) is 3. The van der Waals surface area contributed by atoms with E-state index >= 15 is 0 Å². The van der Waals surface area contributed by atoms with Crippen LogP contribution in [0.2, 0.25) is 0 Å². The number of fused-ring (bicyclic) bond motifs is 1. The smallest absolute Gasteiger partial charge is 0.219 e. The third kappa shape index (κ3) is 6.87. The van der Waals surface area contributed by atoms with Gasteiger partial charge in [0.25, 0.3) is 0 Å². The van der Waals surface area contributed by atoms with Gasteiger partial charge in [-0.25, -0.2) is 0 Å². The van der Waals surface area contributed by atoms with Crippen molar-refractivity contribution >= 4 is 46.7 Å². The quantitative estimate of drug-likeness (QED) is 0.294. The molecule has 1 saturated heterocycles. The fourth-order valence-corrected chi connectivity index (χ4v) is 3.75. The predicted molar refractivity (Wildman–Crippen MR) is 135 cm³/mol. The molecule has 0 radical (unpaired) electrons. The Balaban J connectivity index is 0.00000320. The number of guanidine groups is 1. The highest BCUT2D eigenvalue weighted by Gasteiger charge is 2.17. The summed E-state index contributed by atoms with van der Waals surface area (Å²) >= 11 is 0. The van der Waals surface area contributed by atoms with Crippen molar-refractivity contribution in [3.8, 4) is 0 Å². The number of aromatic nitrogens is 1. The van der Waals surface area contributed by atoms with Gasteiger partial charge in [0.1, 0.15) is 0 Å². The van der Waals surface area contributed by atoms with Gasteiger partial charge in [0.05, 0.1) is 6.54 Å². The highest BCUT2D eigenvalue weighted by atomic mass is 127. The Kier molecular flexibility index (Phi) is 9.90. The van der Waals surface area contributed by atoms with Gasteiger partial charge in [0.15, 0.2) is 5.96 Å². The first kappa shape index (κ1) is 24.5. The molecule has 1 aromatic heterocycles. The molecule has 1 fully saturated rings. The van der Waals surface area contributed by atoms with Crippen LogP contribution >= 0.6 is 24.0 Å². The number of benzene rings is 1. The SMILES string of the molecule is CCNC(=NCCN1CCN(C(C)=O)CC1)NCCc1c[nH]c2cc(C)ccc12.I. The van der Waals surface area contributed by atoms with Crippen LogP contribution in [0.5, 0.6) is 0 Å². The molecule has 30 heavy (non-hydrogen) atoms. The van der Waals surface area contributed by atoms with Crippen LogP contribution in [0.1, 0.15) is 25.0 Å². The lowest BCUT2D eigenvalue weighted by molar-refractivity contribution is -0.130. The summed E-state index contributed by atoms with van der Waals surface area (Å²) in [6.45, 7) is 12.7. The van der Waals surface area contributed by atoms with E-state index in [1.807, 2.05) is 4.90 Å². The summed E-state index contributed by atoms with van der Waals surface area (Å²) in [5.74, 6) is 1.04. The third-order valence-corrected chi connectivity index (χ3v) is 5.46. The predicted octanol–water partition coefficient (Wildman–Crippen LogP) is 2.36. The van der Waals surface area contributed by atoms with Gasteiger partial charge in [-0.15, -0.1) is 24.0 Å². The minimum absolute atomic E-state index is 0. The summed E-state index contributed by atoms with van der Waals surface area (Å²) in [6, 6.07) is 6.55. The Morgan fingerprint density at radius 1 is 1.20 bits per heavy atom. The van der Waals surface area contributed by atoms with Gasteiger partial charge < -0.3 is 20.5 Å². The van der Waals surface area contributed by atoms with E-state index in [-0.39, 0.29) is 29.9 Å². The number of amides is 1. The van der Waals surface area contributed by atoms with Crippen molar-refractivity contribution in [3.63, 3.8) is 0 Å². The molecular weight excluding hydrogens is 491 g/mol. The van der Waals surface area contributed by atoms with Crippen molar-refractivity contribution in [1.82, 2.24) is 25.4 Å². The van der Waals surface area contributed by atoms with Crippen molar-refractivity contribution in [2.75, 3.05) is 52.4 Å². The number of halogens is 1. The molecule has 0 aliphatic carbocycles. The molecule has 1 amide bonds. The Morgan fingerprint density at radius 3 is 2.67 bits per heavy atom. The molecule has 166 valence electrons. The molecule has 2 heterocycles. The number of rotatable bonds is 7. The van der Waals surface area contributed by atoms with E-state index in [0.29, 0.717) is 0 Å². The van der Waals surface area contributed by atoms with E-state index in [4.69, 9.17) is 4.99 Å². The first-order valence-electron chi connectivity index (χ1n) is 10.6. The summed E-state index contributed by atoms with van der Waals surface area (Å²) in [5, 5.41) is 8.07. The van der Waals surface area contributed by atoms with Gasteiger partial charge in [0.2, 0.25) is 5.91 Å². The highest BCUT2D eigenvalue weighted by molar-refractivity contribution is 14.0. The van der Waals surface area contributed by atoms with Gasteiger partial charge in [-0.3, -0.25) is 14.7 Å². The van der Waals surface area contributed by atoms with Crippen LogP contribution in [0.3, 0.4) is 0 Å². The van der Waals surface area contributed by atoms with Crippen LogP contribution in [0, 0.1) is 6.92 Å². The monoisotopic (exact) mass is 526 g/mol. The number of nitrogens with zero attached hydrogens (tertiary/aromatic N) is 3. The summed E-state index contributed by atoms with van der Waals surface area (Å²) in [7, 11) is 0. The van der Waals surface area contributed by atoms with E-state index in [2.05, 4.69) is 58.8 Å². The molecule has 0 saturated carbocycles. The summed E-state index contributed by atoms with van der Waals surface area (Å²) in [6.07, 6.45) is 3.05. The zero-order valence-electron chi connectivity index (χ0n) is 18.3. The van der Waals surface area contributed by atoms with Crippen molar-refractivity contribution in [2.24, 2.45) is 4.99 Å². The van der Waals surface area contributed by atoms with Crippen LogP contribution in [0.15, 0.2) is 29.4 Å². The van der Waals surface area contributed by atoms with Crippen molar-refractivity contribution in [2.45, 2.75) is 27.2 Å². The first-order chi connectivity index (χ1) is 14.1. The normalized spacial score (nSPS) is 15.2. The van der Waals surface area contributed by atoms with E-state index < -0.39 is 0 Å². The Labute approximate surface area is 196 Å². The molecule has 0 atom stereocenters. The Hall–Kier alpha value is -1.81. The number of carbonyl (C=O) groups excluding carboxylic acids is 1. The van der Waals surface area contributed by atoms with Gasteiger partial charge in [0, 0.05) is 69.8 Å². The lowest BCUT2D eigenvalue weighted by Crippen LogP contribution is -2.48. The minimum atomic E-state index is 0. The van der Waals surface area contributed by atoms with E-state index in [1.54, 1.807) is 6.92 Å². The second-order valence-electron chi connectivity index (χ2n) is 7.65. The molecule has 0 bridgehead atoms. The number of aryl methyl sites for hydroxylation is 1. The first-order valence-corrected chi connectivity index (χ1v) is 10.6.